The molecule has 6 nitrogen and oxygen atoms in total. The van der Waals surface area contributed by atoms with Crippen LogP contribution in [-0.2, 0) is 4.43 Å². The van der Waals surface area contributed by atoms with Crippen LogP contribution in [0.25, 0.3) is 5.53 Å². The monoisotopic (exact) mass is 390 g/mol. The van der Waals surface area contributed by atoms with Crippen LogP contribution in [0, 0.1) is 0 Å². The summed E-state index contributed by atoms with van der Waals surface area (Å²) < 4.78 is 17.5. The van der Waals surface area contributed by atoms with Gasteiger partial charge in [0.1, 0.15) is 11.5 Å². The molecule has 27 heavy (non-hydrogen) atoms. The van der Waals surface area contributed by atoms with E-state index < -0.39 is 13.9 Å². The Hall–Kier alpha value is -1.95. The summed E-state index contributed by atoms with van der Waals surface area (Å²) in [6.45, 7) is 13.4. The molecule has 0 spiro atoms. The largest absolute Gasteiger partial charge is 0.497 e. The second kappa shape index (κ2) is 7.58. The van der Waals surface area contributed by atoms with E-state index >= 15 is 0 Å². The van der Waals surface area contributed by atoms with Gasteiger partial charge in [0, 0.05) is 13.0 Å². The number of fused-ring (bicyclic) bond motifs is 1. The molecule has 7 heteroatoms. The van der Waals surface area contributed by atoms with Crippen LogP contribution in [0.3, 0.4) is 0 Å². The minimum Gasteiger partial charge on any atom is -0.497 e. The van der Waals surface area contributed by atoms with Crippen molar-refractivity contribution >= 4 is 19.8 Å². The Balaban J connectivity index is 2.14. The minimum atomic E-state index is -1.82. The van der Waals surface area contributed by atoms with Crippen LogP contribution in [0.15, 0.2) is 18.2 Å². The lowest BCUT2D eigenvalue weighted by Crippen LogP contribution is -2.50. The normalized spacial score (nSPS) is 20.0. The Labute approximate surface area is 162 Å². The number of Topliss-reactive ketones (excluding diaryl/α,β-unsaturated/α-hetero) is 1. The average molecular weight is 391 g/mol. The van der Waals surface area contributed by atoms with Gasteiger partial charge < -0.3 is 19.4 Å². The Morgan fingerprint density at radius 1 is 1.30 bits per heavy atom. The first-order chi connectivity index (χ1) is 12.4. The molecule has 2 rings (SSSR count). The van der Waals surface area contributed by atoms with E-state index in [0.29, 0.717) is 36.5 Å². The van der Waals surface area contributed by atoms with E-state index in [-0.39, 0.29) is 16.5 Å². The molecule has 0 fully saturated rings. The van der Waals surface area contributed by atoms with Crippen LogP contribution in [0.1, 0.15) is 50.9 Å². The van der Waals surface area contributed by atoms with E-state index in [1.807, 2.05) is 0 Å². The SMILES string of the molecule is COc1ccc2c(c1)C(=O)C(=[N+]=[N-])C(C)(CCCO[Si](C)(C)C(C)(C)C)O2. The predicted octanol–water partition coefficient (Wildman–Crippen LogP) is 4.50. The maximum absolute atomic E-state index is 12.8. The molecule has 1 aromatic carbocycles. The van der Waals surface area contributed by atoms with Gasteiger partial charge in [-0.3, -0.25) is 4.79 Å². The lowest BCUT2D eigenvalue weighted by molar-refractivity contribution is -0.0354. The van der Waals surface area contributed by atoms with Gasteiger partial charge >= 0.3 is 5.71 Å². The summed E-state index contributed by atoms with van der Waals surface area (Å²) in [6, 6.07) is 5.06. The second-order valence-electron chi connectivity index (χ2n) is 8.69. The van der Waals surface area contributed by atoms with Gasteiger partial charge in [-0.25, -0.2) is 0 Å². The van der Waals surface area contributed by atoms with Crippen LogP contribution >= 0.6 is 0 Å². The number of ketones is 1. The molecular weight excluding hydrogens is 360 g/mol. The third kappa shape index (κ3) is 4.31. The van der Waals surface area contributed by atoms with Crippen molar-refractivity contribution in [3.8, 4) is 11.5 Å². The van der Waals surface area contributed by atoms with Gasteiger partial charge in [0.2, 0.25) is 5.60 Å². The summed E-state index contributed by atoms with van der Waals surface area (Å²) in [5.41, 5.74) is 8.83. The van der Waals surface area contributed by atoms with Crippen molar-refractivity contribution in [1.29, 1.82) is 0 Å². The molecule has 1 unspecified atom stereocenters. The Kier molecular flexibility index (Phi) is 5.99. The molecule has 0 radical (unpaired) electrons. The summed E-state index contributed by atoms with van der Waals surface area (Å²) >= 11 is 0. The topological polar surface area (TPSA) is 81.2 Å². The first-order valence-electron chi connectivity index (χ1n) is 9.23. The number of hydrogen-bond donors (Lipinski definition) is 0. The van der Waals surface area contributed by atoms with Crippen molar-refractivity contribution in [2.24, 2.45) is 0 Å². The van der Waals surface area contributed by atoms with Crippen molar-refractivity contribution in [1.82, 2.24) is 0 Å². The zero-order valence-electron chi connectivity index (χ0n) is 17.4. The molecule has 0 saturated carbocycles. The molecule has 0 bridgehead atoms. The van der Waals surface area contributed by atoms with Gasteiger partial charge in [0.25, 0.3) is 5.78 Å². The number of methoxy groups -OCH3 is 1. The molecule has 0 aromatic heterocycles. The molecule has 0 amide bonds. The minimum absolute atomic E-state index is 0.00980. The van der Waals surface area contributed by atoms with Crippen LogP contribution in [-0.4, -0.2) is 43.9 Å². The molecule has 1 aromatic rings. The lowest BCUT2D eigenvalue weighted by atomic mass is 9.86. The fourth-order valence-electron chi connectivity index (χ4n) is 2.84. The van der Waals surface area contributed by atoms with Gasteiger partial charge in [-0.05, 0) is 49.7 Å². The quantitative estimate of drug-likeness (QED) is 0.310. The Morgan fingerprint density at radius 2 is 1.96 bits per heavy atom. The second-order valence-corrected chi connectivity index (χ2v) is 13.5. The van der Waals surface area contributed by atoms with Crippen molar-refractivity contribution in [3.63, 3.8) is 0 Å². The van der Waals surface area contributed by atoms with E-state index in [2.05, 4.69) is 38.7 Å². The number of benzene rings is 1. The predicted molar refractivity (Wildman–Crippen MR) is 107 cm³/mol. The summed E-state index contributed by atoms with van der Waals surface area (Å²) in [5, 5.41) is 0.143. The van der Waals surface area contributed by atoms with Gasteiger partial charge in [0.05, 0.1) is 12.7 Å². The highest BCUT2D eigenvalue weighted by Crippen LogP contribution is 2.38. The van der Waals surface area contributed by atoms with E-state index in [4.69, 9.17) is 13.9 Å². The number of ether oxygens (including phenoxy) is 2. The highest BCUT2D eigenvalue weighted by molar-refractivity contribution is 6.74. The Bertz CT molecular complexity index is 779. The standard InChI is InChI=1S/C20H30N2O4Si/c1-19(2,3)27(6,7)25-12-8-11-20(4)18(22-21)17(23)15-13-14(24-5)9-10-16(15)26-20/h9-10,13H,8,11-12H2,1-7H3. The zero-order valence-corrected chi connectivity index (χ0v) is 18.4. The van der Waals surface area contributed by atoms with E-state index in [1.165, 1.54) is 7.11 Å². The third-order valence-corrected chi connectivity index (χ3v) is 10.2. The summed E-state index contributed by atoms with van der Waals surface area (Å²) in [7, 11) is -0.293. The fraction of sp³-hybridized carbons (Fsp3) is 0.600. The van der Waals surface area contributed by atoms with E-state index in [9.17, 15) is 10.3 Å². The molecule has 1 heterocycles. The maximum atomic E-state index is 12.8. The number of rotatable bonds is 6. The van der Waals surface area contributed by atoms with Gasteiger partial charge in [-0.15, -0.1) is 0 Å². The van der Waals surface area contributed by atoms with Crippen LogP contribution < -0.4 is 9.47 Å². The van der Waals surface area contributed by atoms with Crippen molar-refractivity contribution in [3.05, 3.63) is 29.3 Å². The number of carbonyl (C=O) groups excluding carboxylic acids is 1. The van der Waals surface area contributed by atoms with E-state index in [1.54, 1.807) is 25.1 Å². The smallest absolute Gasteiger partial charge is 0.382 e. The number of hydrogen-bond acceptors (Lipinski definition) is 4. The summed E-state index contributed by atoms with van der Waals surface area (Å²) in [5.74, 6) is 0.681. The van der Waals surface area contributed by atoms with Gasteiger partial charge in [0.15, 0.2) is 8.32 Å². The van der Waals surface area contributed by atoms with E-state index in [0.717, 1.165) is 0 Å². The average Bonchev–Trinajstić information content (AvgIpc) is 2.58. The summed E-state index contributed by atoms with van der Waals surface area (Å²) in [4.78, 5) is 16.1. The van der Waals surface area contributed by atoms with Crippen molar-refractivity contribution in [2.75, 3.05) is 13.7 Å². The number of carbonyl (C=O) groups is 1. The van der Waals surface area contributed by atoms with Crippen LogP contribution in [0.2, 0.25) is 18.1 Å². The highest BCUT2D eigenvalue weighted by Gasteiger charge is 2.50. The van der Waals surface area contributed by atoms with Gasteiger partial charge in [-0.1, -0.05) is 20.8 Å². The van der Waals surface area contributed by atoms with Crippen LogP contribution in [0.4, 0.5) is 0 Å². The fourth-order valence-corrected chi connectivity index (χ4v) is 3.92. The molecule has 0 saturated heterocycles. The maximum Gasteiger partial charge on any atom is 0.382 e. The molecule has 0 aliphatic carbocycles. The van der Waals surface area contributed by atoms with Gasteiger partial charge in [-0.2, -0.15) is 4.79 Å². The zero-order chi connectivity index (χ0) is 20.5. The molecular formula is C20H30N2O4Si. The van der Waals surface area contributed by atoms with Crippen LogP contribution in [0.5, 0.6) is 11.5 Å². The molecule has 0 N–H and O–H groups in total. The number of nitrogens with zero attached hydrogens (tertiary/aromatic N) is 2. The first kappa shape index (κ1) is 21.3. The first-order valence-corrected chi connectivity index (χ1v) is 12.1. The molecule has 1 aliphatic rings. The molecule has 148 valence electrons. The van der Waals surface area contributed by atoms with Crippen molar-refractivity contribution in [2.45, 2.75) is 64.3 Å². The van der Waals surface area contributed by atoms with Crippen molar-refractivity contribution < 1.29 is 23.5 Å². The third-order valence-electron chi connectivity index (χ3n) is 5.65. The highest BCUT2D eigenvalue weighted by atomic mass is 28.4. The molecule has 1 atom stereocenters. The Morgan fingerprint density at radius 3 is 2.52 bits per heavy atom. The summed E-state index contributed by atoms with van der Waals surface area (Å²) in [6.07, 6.45) is 1.21. The lowest BCUT2D eigenvalue weighted by Gasteiger charge is -2.36. The molecule has 1 aliphatic heterocycles.